The van der Waals surface area contributed by atoms with E-state index in [2.05, 4.69) is 22.5 Å². The van der Waals surface area contributed by atoms with Gasteiger partial charge in [0.2, 0.25) is 0 Å². The maximum atomic E-state index is 11.4. The first-order valence-electron chi connectivity index (χ1n) is 5.42. The standard InChI is InChI=1S/C13H16N2O2/c1-3-14-13(17)15-12-8-10(2)7-11(9-12)5-4-6-16/h7-9,16H,3,6H2,1-2H3,(H2,14,15,17). The van der Waals surface area contributed by atoms with Gasteiger partial charge in [-0.2, -0.15) is 0 Å². The van der Waals surface area contributed by atoms with Crippen LogP contribution in [-0.2, 0) is 0 Å². The smallest absolute Gasteiger partial charge is 0.319 e. The van der Waals surface area contributed by atoms with Crippen LogP contribution in [0.1, 0.15) is 18.1 Å². The third-order valence-electron chi connectivity index (χ3n) is 1.98. The Morgan fingerprint density at radius 2 is 2.18 bits per heavy atom. The lowest BCUT2D eigenvalue weighted by molar-refractivity contribution is 0.252. The molecule has 0 spiro atoms. The number of amides is 2. The van der Waals surface area contributed by atoms with Crippen molar-refractivity contribution in [3.8, 4) is 11.8 Å². The molecule has 0 fully saturated rings. The molecular weight excluding hydrogens is 216 g/mol. The molecule has 4 heteroatoms. The topological polar surface area (TPSA) is 61.4 Å². The molecule has 0 heterocycles. The van der Waals surface area contributed by atoms with Crippen LogP contribution >= 0.6 is 0 Å². The molecule has 17 heavy (non-hydrogen) atoms. The lowest BCUT2D eigenvalue weighted by Crippen LogP contribution is -2.28. The molecule has 0 saturated carbocycles. The van der Waals surface area contributed by atoms with Crippen molar-refractivity contribution in [3.63, 3.8) is 0 Å². The molecule has 0 aliphatic heterocycles. The fourth-order valence-corrected chi connectivity index (χ4v) is 1.40. The van der Waals surface area contributed by atoms with Crippen LogP contribution in [0.15, 0.2) is 18.2 Å². The maximum Gasteiger partial charge on any atom is 0.319 e. The molecule has 1 rings (SSSR count). The number of rotatable bonds is 2. The molecule has 0 atom stereocenters. The Morgan fingerprint density at radius 1 is 1.41 bits per heavy atom. The van der Waals surface area contributed by atoms with Crippen molar-refractivity contribution in [2.45, 2.75) is 13.8 Å². The molecule has 0 saturated heterocycles. The molecular formula is C13H16N2O2. The van der Waals surface area contributed by atoms with Crippen LogP contribution < -0.4 is 10.6 Å². The Balaban J connectivity index is 2.85. The van der Waals surface area contributed by atoms with Crippen LogP contribution in [-0.4, -0.2) is 24.3 Å². The summed E-state index contributed by atoms with van der Waals surface area (Å²) in [5, 5.41) is 14.0. The van der Waals surface area contributed by atoms with E-state index in [1.54, 1.807) is 6.07 Å². The van der Waals surface area contributed by atoms with E-state index in [0.717, 1.165) is 11.1 Å². The molecule has 0 bridgehead atoms. The van der Waals surface area contributed by atoms with E-state index in [1.165, 1.54) is 0 Å². The summed E-state index contributed by atoms with van der Waals surface area (Å²) in [4.78, 5) is 11.4. The van der Waals surface area contributed by atoms with Crippen LogP contribution in [0.3, 0.4) is 0 Å². The van der Waals surface area contributed by atoms with Gasteiger partial charge in [-0.05, 0) is 37.6 Å². The zero-order valence-corrected chi connectivity index (χ0v) is 10.0. The van der Waals surface area contributed by atoms with Gasteiger partial charge in [0, 0.05) is 17.8 Å². The molecule has 0 aliphatic rings. The maximum absolute atomic E-state index is 11.4. The summed E-state index contributed by atoms with van der Waals surface area (Å²) >= 11 is 0. The molecule has 4 nitrogen and oxygen atoms in total. The van der Waals surface area contributed by atoms with Gasteiger partial charge in [-0.25, -0.2) is 4.79 Å². The minimum atomic E-state index is -0.237. The molecule has 0 aromatic heterocycles. The first-order valence-corrected chi connectivity index (χ1v) is 5.42. The molecule has 1 aromatic carbocycles. The number of hydrogen-bond donors (Lipinski definition) is 3. The number of urea groups is 1. The number of carbonyl (C=O) groups is 1. The Morgan fingerprint density at radius 3 is 2.82 bits per heavy atom. The van der Waals surface area contributed by atoms with E-state index in [1.807, 2.05) is 26.0 Å². The largest absolute Gasteiger partial charge is 0.384 e. The van der Waals surface area contributed by atoms with Gasteiger partial charge in [-0.1, -0.05) is 11.8 Å². The first-order chi connectivity index (χ1) is 8.15. The van der Waals surface area contributed by atoms with E-state index < -0.39 is 0 Å². The van der Waals surface area contributed by atoms with E-state index >= 15 is 0 Å². The summed E-state index contributed by atoms with van der Waals surface area (Å²) in [6.45, 7) is 4.18. The van der Waals surface area contributed by atoms with Crippen molar-refractivity contribution < 1.29 is 9.90 Å². The van der Waals surface area contributed by atoms with Crippen molar-refractivity contribution in [2.24, 2.45) is 0 Å². The van der Waals surface area contributed by atoms with Gasteiger partial charge < -0.3 is 15.7 Å². The number of benzene rings is 1. The lowest BCUT2D eigenvalue weighted by atomic mass is 10.1. The highest BCUT2D eigenvalue weighted by Gasteiger charge is 2.01. The summed E-state index contributed by atoms with van der Waals surface area (Å²) < 4.78 is 0. The second kappa shape index (κ2) is 6.56. The van der Waals surface area contributed by atoms with Crippen LogP contribution in [0.5, 0.6) is 0 Å². The predicted molar refractivity (Wildman–Crippen MR) is 67.8 cm³/mol. The van der Waals surface area contributed by atoms with Gasteiger partial charge in [0.15, 0.2) is 0 Å². The second-order valence-corrected chi connectivity index (χ2v) is 3.53. The van der Waals surface area contributed by atoms with Gasteiger partial charge in [0.25, 0.3) is 0 Å². The van der Waals surface area contributed by atoms with Crippen LogP contribution in [0.2, 0.25) is 0 Å². The highest BCUT2D eigenvalue weighted by Crippen LogP contribution is 2.13. The van der Waals surface area contributed by atoms with E-state index in [-0.39, 0.29) is 12.6 Å². The van der Waals surface area contributed by atoms with Gasteiger partial charge in [-0.15, -0.1) is 0 Å². The molecule has 0 radical (unpaired) electrons. The Bertz CT molecular complexity index is 458. The molecule has 1 aromatic rings. The highest BCUT2D eigenvalue weighted by atomic mass is 16.2. The van der Waals surface area contributed by atoms with Gasteiger partial charge in [0.1, 0.15) is 6.61 Å². The monoisotopic (exact) mass is 232 g/mol. The minimum Gasteiger partial charge on any atom is -0.384 e. The summed E-state index contributed by atoms with van der Waals surface area (Å²) in [6.07, 6.45) is 0. The number of anilines is 1. The van der Waals surface area contributed by atoms with E-state index in [0.29, 0.717) is 12.2 Å². The fraction of sp³-hybridized carbons (Fsp3) is 0.308. The summed E-state index contributed by atoms with van der Waals surface area (Å²) in [5.74, 6) is 5.38. The quantitative estimate of drug-likeness (QED) is 0.676. The lowest BCUT2D eigenvalue weighted by Gasteiger charge is -2.07. The molecule has 0 unspecified atom stereocenters. The SMILES string of the molecule is CCNC(=O)Nc1cc(C)cc(C#CCO)c1. The van der Waals surface area contributed by atoms with Gasteiger partial charge in [-0.3, -0.25) is 0 Å². The zero-order valence-electron chi connectivity index (χ0n) is 10.0. The minimum absolute atomic E-state index is 0.174. The molecule has 3 N–H and O–H groups in total. The average Bonchev–Trinajstić information content (AvgIpc) is 2.25. The Kier molecular flexibility index (Phi) is 5.05. The summed E-state index contributed by atoms with van der Waals surface area (Å²) in [5.41, 5.74) is 2.46. The van der Waals surface area contributed by atoms with Crippen LogP contribution in [0.4, 0.5) is 10.5 Å². The second-order valence-electron chi connectivity index (χ2n) is 3.53. The van der Waals surface area contributed by atoms with Crippen molar-refractivity contribution in [2.75, 3.05) is 18.5 Å². The van der Waals surface area contributed by atoms with Crippen molar-refractivity contribution >= 4 is 11.7 Å². The zero-order chi connectivity index (χ0) is 12.7. The molecule has 2 amide bonds. The number of carbonyl (C=O) groups excluding carboxylic acids is 1. The Hall–Kier alpha value is -1.99. The normalized spacial score (nSPS) is 9.12. The third kappa shape index (κ3) is 4.58. The fourth-order valence-electron chi connectivity index (χ4n) is 1.40. The number of hydrogen-bond acceptors (Lipinski definition) is 2. The average molecular weight is 232 g/mol. The Labute approximate surface area is 101 Å². The van der Waals surface area contributed by atoms with Crippen LogP contribution in [0.25, 0.3) is 0 Å². The van der Waals surface area contributed by atoms with Crippen molar-refractivity contribution in [1.82, 2.24) is 5.32 Å². The molecule has 0 aliphatic carbocycles. The van der Waals surface area contributed by atoms with Crippen molar-refractivity contribution in [3.05, 3.63) is 29.3 Å². The van der Waals surface area contributed by atoms with Crippen molar-refractivity contribution in [1.29, 1.82) is 0 Å². The summed E-state index contributed by atoms with van der Waals surface area (Å²) in [6, 6.07) is 5.29. The third-order valence-corrected chi connectivity index (χ3v) is 1.98. The number of nitrogens with one attached hydrogen (secondary N) is 2. The first kappa shape index (κ1) is 13.1. The van der Waals surface area contributed by atoms with Gasteiger partial charge >= 0.3 is 6.03 Å². The summed E-state index contributed by atoms with van der Waals surface area (Å²) in [7, 11) is 0. The predicted octanol–water partition coefficient (Wildman–Crippen LogP) is 1.48. The van der Waals surface area contributed by atoms with E-state index in [4.69, 9.17) is 5.11 Å². The van der Waals surface area contributed by atoms with E-state index in [9.17, 15) is 4.79 Å². The van der Waals surface area contributed by atoms with Crippen LogP contribution in [0, 0.1) is 18.8 Å². The van der Waals surface area contributed by atoms with Gasteiger partial charge in [0.05, 0.1) is 0 Å². The number of aryl methyl sites for hydroxylation is 1. The molecule has 90 valence electrons. The highest BCUT2D eigenvalue weighted by molar-refractivity contribution is 5.89. The number of aliphatic hydroxyl groups is 1. The number of aliphatic hydroxyl groups excluding tert-OH is 1.